The number of nitrogens with zero attached hydrogens (tertiary/aromatic N) is 8. The standard InChI is InChI=1S/C21H20ClN5OS.C21H18ClN5S/c22-17-8-4-5-9-18(17)24-12-16-13-25-20(29-14-15-6-2-1-3-7-15)26-19(16)27-11-10-23-21(27)28;22-17-8-4-5-9-18(17)27-13-16-12-24-20(28-14-15-6-2-1-3-7-15)25-19(16)26-11-10-23-21(26)27/h1-9,13,24H,10-12,14H2,(H,23,28);1-9,12H,10-11,13-14H2. The summed E-state index contributed by atoms with van der Waals surface area (Å²) in [6, 6.07) is 35.8. The van der Waals surface area contributed by atoms with Crippen LogP contribution >= 0.6 is 46.7 Å². The van der Waals surface area contributed by atoms with E-state index in [1.54, 1.807) is 34.6 Å². The second kappa shape index (κ2) is 18.3. The van der Waals surface area contributed by atoms with Crippen molar-refractivity contribution >= 4 is 81.7 Å². The summed E-state index contributed by atoms with van der Waals surface area (Å²) in [5, 5.41) is 8.94. The predicted octanol–water partition coefficient (Wildman–Crippen LogP) is 9.18. The van der Waals surface area contributed by atoms with Crippen molar-refractivity contribution in [1.82, 2.24) is 25.3 Å². The quantitative estimate of drug-likeness (QED) is 0.0968. The molecule has 5 heterocycles. The first kappa shape index (κ1) is 38.5. The van der Waals surface area contributed by atoms with Crippen LogP contribution < -0.4 is 25.3 Å². The Kier molecular flexibility index (Phi) is 12.4. The number of aromatic nitrogens is 4. The average Bonchev–Trinajstić information content (AvgIpc) is 3.93. The topological polar surface area (TPSA) is 115 Å². The molecule has 57 heavy (non-hydrogen) atoms. The number of anilines is 4. The highest BCUT2D eigenvalue weighted by Crippen LogP contribution is 2.36. The zero-order valence-corrected chi connectivity index (χ0v) is 33.9. The lowest BCUT2D eigenvalue weighted by Crippen LogP contribution is -2.46. The van der Waals surface area contributed by atoms with Gasteiger partial charge in [0, 0.05) is 61.2 Å². The van der Waals surface area contributed by atoms with E-state index in [0.717, 1.165) is 69.1 Å². The van der Waals surface area contributed by atoms with Gasteiger partial charge in [-0.1, -0.05) is 132 Å². The molecule has 2 amide bonds. The van der Waals surface area contributed by atoms with Crippen LogP contribution in [0.25, 0.3) is 0 Å². The van der Waals surface area contributed by atoms with Gasteiger partial charge in [0.1, 0.15) is 11.6 Å². The van der Waals surface area contributed by atoms with Crippen molar-refractivity contribution in [2.45, 2.75) is 34.9 Å². The Morgan fingerprint density at radius 1 is 0.684 bits per heavy atom. The first-order chi connectivity index (χ1) is 28.0. The van der Waals surface area contributed by atoms with Crippen LogP contribution in [0.4, 0.5) is 27.8 Å². The molecule has 1 fully saturated rings. The van der Waals surface area contributed by atoms with Gasteiger partial charge < -0.3 is 15.5 Å². The Morgan fingerprint density at radius 3 is 1.98 bits per heavy atom. The van der Waals surface area contributed by atoms with Gasteiger partial charge in [-0.15, -0.1) is 0 Å². The zero-order chi connectivity index (χ0) is 39.0. The predicted molar refractivity (Wildman–Crippen MR) is 233 cm³/mol. The molecule has 2 N–H and O–H groups in total. The maximum absolute atomic E-state index is 12.3. The van der Waals surface area contributed by atoms with Crippen molar-refractivity contribution in [2.24, 2.45) is 4.99 Å². The molecule has 4 aromatic carbocycles. The Labute approximate surface area is 350 Å². The van der Waals surface area contributed by atoms with Crippen molar-refractivity contribution in [3.8, 4) is 0 Å². The highest BCUT2D eigenvalue weighted by Gasteiger charge is 2.34. The lowest BCUT2D eigenvalue weighted by Gasteiger charge is -2.36. The van der Waals surface area contributed by atoms with Crippen molar-refractivity contribution in [2.75, 3.05) is 46.2 Å². The number of hydrogen-bond donors (Lipinski definition) is 2. The van der Waals surface area contributed by atoms with Gasteiger partial charge in [-0.05, 0) is 35.4 Å². The highest BCUT2D eigenvalue weighted by atomic mass is 35.5. The lowest BCUT2D eigenvalue weighted by atomic mass is 10.2. The van der Waals surface area contributed by atoms with E-state index in [4.69, 9.17) is 38.2 Å². The molecule has 0 aliphatic carbocycles. The van der Waals surface area contributed by atoms with E-state index in [2.05, 4.69) is 66.8 Å². The van der Waals surface area contributed by atoms with Gasteiger partial charge in [0.05, 0.1) is 34.5 Å². The number of fused-ring (bicyclic) bond motifs is 3. The fourth-order valence-electron chi connectivity index (χ4n) is 6.49. The van der Waals surface area contributed by atoms with Crippen LogP contribution in [0.2, 0.25) is 10.0 Å². The number of urea groups is 1. The number of hydrogen-bond acceptors (Lipinski definition) is 11. The summed E-state index contributed by atoms with van der Waals surface area (Å²) in [5.41, 5.74) is 6.18. The summed E-state index contributed by atoms with van der Waals surface area (Å²) < 4.78 is 0. The van der Waals surface area contributed by atoms with E-state index in [1.807, 2.05) is 79.0 Å². The van der Waals surface area contributed by atoms with E-state index >= 15 is 0 Å². The van der Waals surface area contributed by atoms with Gasteiger partial charge >= 0.3 is 6.03 Å². The zero-order valence-electron chi connectivity index (χ0n) is 30.8. The number of thioether (sulfide) groups is 2. The Bertz CT molecular complexity index is 2370. The van der Waals surface area contributed by atoms with Crippen LogP contribution in [-0.4, -0.2) is 58.1 Å². The molecule has 0 bridgehead atoms. The number of para-hydroxylation sites is 2. The molecule has 3 aliphatic heterocycles. The number of halogens is 2. The molecule has 2 aromatic heterocycles. The number of guanidine groups is 1. The molecule has 0 atom stereocenters. The molecule has 0 radical (unpaired) electrons. The van der Waals surface area contributed by atoms with Crippen molar-refractivity contribution in [3.05, 3.63) is 154 Å². The number of benzene rings is 4. The fourth-order valence-corrected chi connectivity index (χ4v) is 8.46. The van der Waals surface area contributed by atoms with Crippen LogP contribution in [0.1, 0.15) is 22.3 Å². The molecule has 0 unspecified atom stereocenters. The van der Waals surface area contributed by atoms with Gasteiger partial charge in [-0.25, -0.2) is 24.7 Å². The number of carbonyl (C=O) groups is 1. The number of nitrogens with one attached hydrogen (secondary N) is 2. The van der Waals surface area contributed by atoms with E-state index in [0.29, 0.717) is 42.2 Å². The molecule has 0 saturated carbocycles. The molecule has 6 aromatic rings. The van der Waals surface area contributed by atoms with Crippen molar-refractivity contribution in [3.63, 3.8) is 0 Å². The second-order valence-corrected chi connectivity index (χ2v) is 15.8. The normalized spacial score (nSPS) is 14.3. The highest BCUT2D eigenvalue weighted by molar-refractivity contribution is 7.98. The minimum absolute atomic E-state index is 0.137. The number of carbonyl (C=O) groups excluding carboxylic acids is 1. The summed E-state index contributed by atoms with van der Waals surface area (Å²) in [7, 11) is 0. The van der Waals surface area contributed by atoms with Crippen molar-refractivity contribution in [1.29, 1.82) is 0 Å². The fraction of sp³-hybridized carbons (Fsp3) is 0.190. The monoisotopic (exact) mass is 832 g/mol. The van der Waals surface area contributed by atoms with Crippen LogP contribution in [-0.2, 0) is 24.6 Å². The van der Waals surface area contributed by atoms with E-state index in [-0.39, 0.29) is 6.03 Å². The third-order valence-electron chi connectivity index (χ3n) is 9.30. The molecular formula is C42H38Cl2N10OS2. The molecule has 0 spiro atoms. The average molecular weight is 834 g/mol. The number of rotatable bonds is 11. The Hall–Kier alpha value is -5.34. The summed E-state index contributed by atoms with van der Waals surface area (Å²) >= 11 is 15.9. The third-order valence-corrected chi connectivity index (χ3v) is 11.8. The molecule has 288 valence electrons. The first-order valence-corrected chi connectivity index (χ1v) is 21.2. The summed E-state index contributed by atoms with van der Waals surface area (Å²) in [5.74, 6) is 4.13. The molecule has 11 nitrogen and oxygen atoms in total. The van der Waals surface area contributed by atoms with Gasteiger partial charge in [0.25, 0.3) is 0 Å². The minimum atomic E-state index is -0.137. The lowest BCUT2D eigenvalue weighted by molar-refractivity contribution is 0.252. The van der Waals surface area contributed by atoms with Gasteiger partial charge in [-0.2, -0.15) is 0 Å². The van der Waals surface area contributed by atoms with Crippen LogP contribution in [0.15, 0.2) is 137 Å². The largest absolute Gasteiger partial charge is 0.380 e. The van der Waals surface area contributed by atoms with Crippen LogP contribution in [0, 0.1) is 0 Å². The molecule has 9 rings (SSSR count). The number of amides is 2. The first-order valence-electron chi connectivity index (χ1n) is 18.4. The summed E-state index contributed by atoms with van der Waals surface area (Å²) in [6.07, 6.45) is 3.72. The summed E-state index contributed by atoms with van der Waals surface area (Å²) in [6.45, 7) is 3.89. The third kappa shape index (κ3) is 9.29. The molecule has 3 aliphatic rings. The molecular weight excluding hydrogens is 796 g/mol. The maximum Gasteiger partial charge on any atom is 0.323 e. The minimum Gasteiger partial charge on any atom is -0.380 e. The number of aliphatic imine (C=N–C) groups is 1. The van der Waals surface area contributed by atoms with E-state index in [9.17, 15) is 4.79 Å². The molecule has 1 saturated heterocycles. The van der Waals surface area contributed by atoms with Gasteiger partial charge in [0.2, 0.25) is 5.96 Å². The maximum atomic E-state index is 12.3. The second-order valence-electron chi connectivity index (χ2n) is 13.1. The summed E-state index contributed by atoms with van der Waals surface area (Å²) in [4.78, 5) is 41.6. The van der Waals surface area contributed by atoms with Gasteiger partial charge in [-0.3, -0.25) is 14.8 Å². The molecule has 15 heteroatoms. The Balaban J connectivity index is 0.000000160. The van der Waals surface area contributed by atoms with Crippen LogP contribution in [0.5, 0.6) is 0 Å². The Morgan fingerprint density at radius 2 is 1.32 bits per heavy atom. The van der Waals surface area contributed by atoms with E-state index < -0.39 is 0 Å². The SMILES string of the molecule is Clc1ccccc1N1Cc2cnc(SCc3ccccc3)nc2N2CCN=C12.O=C1NCCN1c1nc(SCc2ccccc2)ncc1CNc1ccccc1Cl. The van der Waals surface area contributed by atoms with Crippen LogP contribution in [0.3, 0.4) is 0 Å². The van der Waals surface area contributed by atoms with Gasteiger partial charge in [0.15, 0.2) is 10.3 Å². The smallest absolute Gasteiger partial charge is 0.323 e. The van der Waals surface area contributed by atoms with Crippen molar-refractivity contribution < 1.29 is 4.79 Å². The van der Waals surface area contributed by atoms with E-state index in [1.165, 1.54) is 11.1 Å².